The number of carbonyl (C=O) groups excluding carboxylic acids is 1. The molecular formula is C21H30N4O3S. The van der Waals surface area contributed by atoms with Crippen LogP contribution in [0.25, 0.3) is 0 Å². The minimum absolute atomic E-state index is 0.0563. The summed E-state index contributed by atoms with van der Waals surface area (Å²) in [6, 6.07) is 7.72. The van der Waals surface area contributed by atoms with Crippen molar-refractivity contribution >= 4 is 17.7 Å². The molecule has 1 saturated carbocycles. The van der Waals surface area contributed by atoms with Gasteiger partial charge in [-0.25, -0.2) is 0 Å². The molecular weight excluding hydrogens is 388 g/mol. The average Bonchev–Trinajstić information content (AvgIpc) is 3.09. The minimum Gasteiger partial charge on any atom is -0.497 e. The number of hydrogen-bond donors (Lipinski definition) is 1. The second-order valence-corrected chi connectivity index (χ2v) is 8.50. The predicted molar refractivity (Wildman–Crippen MR) is 113 cm³/mol. The fraction of sp³-hybridized carbons (Fsp3) is 0.571. The zero-order chi connectivity index (χ0) is 20.8. The van der Waals surface area contributed by atoms with Gasteiger partial charge in [0.15, 0.2) is 17.1 Å². The lowest BCUT2D eigenvalue weighted by molar-refractivity contribution is -0.119. The molecule has 7 nitrogen and oxygen atoms in total. The van der Waals surface area contributed by atoms with E-state index in [0.29, 0.717) is 28.7 Å². The molecule has 1 aliphatic rings. The van der Waals surface area contributed by atoms with Crippen LogP contribution in [0.5, 0.6) is 11.5 Å². The first-order valence-corrected chi connectivity index (χ1v) is 11.1. The molecule has 1 heterocycles. The van der Waals surface area contributed by atoms with Crippen molar-refractivity contribution in [1.82, 2.24) is 20.1 Å². The van der Waals surface area contributed by atoms with Crippen molar-refractivity contribution in [3.63, 3.8) is 0 Å². The number of thioether (sulfide) groups is 1. The molecule has 2 aromatic rings. The molecule has 1 aliphatic carbocycles. The van der Waals surface area contributed by atoms with Crippen molar-refractivity contribution in [3.05, 3.63) is 30.1 Å². The Morgan fingerprint density at radius 2 is 1.93 bits per heavy atom. The fourth-order valence-electron chi connectivity index (χ4n) is 3.63. The Hall–Kier alpha value is -2.22. The van der Waals surface area contributed by atoms with E-state index in [4.69, 9.17) is 9.47 Å². The number of hydrogen-bond acceptors (Lipinski definition) is 6. The highest BCUT2D eigenvalue weighted by Gasteiger charge is 2.23. The molecule has 29 heavy (non-hydrogen) atoms. The van der Waals surface area contributed by atoms with E-state index in [1.165, 1.54) is 31.0 Å². The first-order chi connectivity index (χ1) is 14.0. The molecule has 1 aromatic carbocycles. The Bertz CT molecular complexity index is 809. The summed E-state index contributed by atoms with van der Waals surface area (Å²) in [7, 11) is 3.53. The van der Waals surface area contributed by atoms with E-state index in [1.54, 1.807) is 7.11 Å². The second-order valence-electron chi connectivity index (χ2n) is 7.56. The van der Waals surface area contributed by atoms with Gasteiger partial charge in [0.05, 0.1) is 12.9 Å². The van der Waals surface area contributed by atoms with Crippen molar-refractivity contribution in [2.24, 2.45) is 13.0 Å². The van der Waals surface area contributed by atoms with Gasteiger partial charge in [-0.05, 0) is 49.9 Å². The molecule has 0 bridgehead atoms. The molecule has 1 fully saturated rings. The van der Waals surface area contributed by atoms with Gasteiger partial charge in [-0.3, -0.25) is 4.79 Å². The number of benzene rings is 1. The third kappa shape index (κ3) is 5.65. The summed E-state index contributed by atoms with van der Waals surface area (Å²) < 4.78 is 13.0. The number of aromatic nitrogens is 3. The van der Waals surface area contributed by atoms with Crippen molar-refractivity contribution in [3.8, 4) is 11.5 Å². The van der Waals surface area contributed by atoms with Crippen LogP contribution in [0.3, 0.4) is 0 Å². The van der Waals surface area contributed by atoms with E-state index >= 15 is 0 Å². The molecule has 8 heteroatoms. The molecule has 158 valence electrons. The number of carbonyl (C=O) groups is 1. The maximum Gasteiger partial charge on any atom is 0.230 e. The van der Waals surface area contributed by atoms with E-state index in [1.807, 2.05) is 42.8 Å². The van der Waals surface area contributed by atoms with Crippen LogP contribution in [0.15, 0.2) is 29.4 Å². The molecule has 3 unspecified atom stereocenters. The molecule has 1 aromatic heterocycles. The van der Waals surface area contributed by atoms with Gasteiger partial charge in [-0.15, -0.1) is 10.2 Å². The van der Waals surface area contributed by atoms with Crippen LogP contribution in [0.1, 0.15) is 51.5 Å². The topological polar surface area (TPSA) is 78.3 Å². The predicted octanol–water partition coefficient (Wildman–Crippen LogP) is 3.75. The van der Waals surface area contributed by atoms with Gasteiger partial charge < -0.3 is 19.4 Å². The zero-order valence-electron chi connectivity index (χ0n) is 17.6. The number of rotatable bonds is 8. The second kappa shape index (κ2) is 10.0. The molecule has 3 rings (SSSR count). The van der Waals surface area contributed by atoms with Crippen molar-refractivity contribution < 1.29 is 14.3 Å². The van der Waals surface area contributed by atoms with Crippen molar-refractivity contribution in [2.75, 3.05) is 12.9 Å². The van der Waals surface area contributed by atoms with E-state index in [-0.39, 0.29) is 12.0 Å². The number of ether oxygens (including phenoxy) is 2. The van der Waals surface area contributed by atoms with Crippen LogP contribution in [0.4, 0.5) is 0 Å². The third-order valence-corrected chi connectivity index (χ3v) is 6.41. The lowest BCUT2D eigenvalue weighted by atomic mass is 9.86. The third-order valence-electron chi connectivity index (χ3n) is 5.39. The standard InChI is InChI=1S/C21H30N4O3S/c1-14-7-5-6-8-18(14)22-19(26)13-29-21-24-23-20(25(21)3)15(2)28-17-11-9-16(27-4)10-12-17/h9-12,14-15,18H,5-8,13H2,1-4H3,(H,22,26). The Balaban J connectivity index is 1.53. The largest absolute Gasteiger partial charge is 0.497 e. The summed E-state index contributed by atoms with van der Waals surface area (Å²) in [5.41, 5.74) is 0. The monoisotopic (exact) mass is 418 g/mol. The highest BCUT2D eigenvalue weighted by molar-refractivity contribution is 7.99. The highest BCUT2D eigenvalue weighted by Crippen LogP contribution is 2.26. The lowest BCUT2D eigenvalue weighted by Gasteiger charge is -2.29. The Kier molecular flexibility index (Phi) is 7.41. The summed E-state index contributed by atoms with van der Waals surface area (Å²) in [6.07, 6.45) is 4.46. The SMILES string of the molecule is COc1ccc(OC(C)c2nnc(SCC(=O)NC3CCCCC3C)n2C)cc1. The smallest absolute Gasteiger partial charge is 0.230 e. The molecule has 0 aliphatic heterocycles. The van der Waals surface area contributed by atoms with E-state index in [0.717, 1.165) is 17.9 Å². The van der Waals surface area contributed by atoms with E-state index in [9.17, 15) is 4.79 Å². The van der Waals surface area contributed by atoms with Crippen molar-refractivity contribution in [2.45, 2.75) is 56.8 Å². The fourth-order valence-corrected chi connectivity index (χ4v) is 4.36. The first kappa shape index (κ1) is 21.5. The highest BCUT2D eigenvalue weighted by atomic mass is 32.2. The molecule has 0 spiro atoms. The number of amides is 1. The lowest BCUT2D eigenvalue weighted by Crippen LogP contribution is -2.41. The Labute approximate surface area is 176 Å². The molecule has 1 amide bonds. The summed E-state index contributed by atoms with van der Waals surface area (Å²) in [5.74, 6) is 3.17. The summed E-state index contributed by atoms with van der Waals surface area (Å²) in [6.45, 7) is 4.15. The van der Waals surface area contributed by atoms with Gasteiger partial charge in [-0.1, -0.05) is 31.5 Å². The van der Waals surface area contributed by atoms with E-state index in [2.05, 4.69) is 22.4 Å². The van der Waals surface area contributed by atoms with Crippen LogP contribution in [0.2, 0.25) is 0 Å². The molecule has 3 atom stereocenters. The maximum absolute atomic E-state index is 12.4. The van der Waals surface area contributed by atoms with Crippen LogP contribution >= 0.6 is 11.8 Å². The summed E-state index contributed by atoms with van der Waals surface area (Å²) in [4.78, 5) is 12.4. The van der Waals surface area contributed by atoms with Gasteiger partial charge in [0, 0.05) is 13.1 Å². The van der Waals surface area contributed by atoms with Crippen LogP contribution in [-0.4, -0.2) is 39.6 Å². The van der Waals surface area contributed by atoms with E-state index < -0.39 is 0 Å². The van der Waals surface area contributed by atoms with Gasteiger partial charge in [0.2, 0.25) is 5.91 Å². The van der Waals surface area contributed by atoms with Gasteiger partial charge in [0.1, 0.15) is 11.5 Å². The average molecular weight is 419 g/mol. The normalized spacial score (nSPS) is 20.1. The van der Waals surface area contributed by atoms with Crippen LogP contribution in [0, 0.1) is 5.92 Å². The molecule has 0 saturated heterocycles. The van der Waals surface area contributed by atoms with Gasteiger partial charge >= 0.3 is 0 Å². The molecule has 0 radical (unpaired) electrons. The van der Waals surface area contributed by atoms with Crippen molar-refractivity contribution in [1.29, 1.82) is 0 Å². The van der Waals surface area contributed by atoms with Gasteiger partial charge in [-0.2, -0.15) is 0 Å². The Morgan fingerprint density at radius 1 is 1.24 bits per heavy atom. The molecule has 1 N–H and O–H groups in total. The zero-order valence-corrected chi connectivity index (χ0v) is 18.4. The van der Waals surface area contributed by atoms with Gasteiger partial charge in [0.25, 0.3) is 0 Å². The van der Waals surface area contributed by atoms with Crippen LogP contribution in [-0.2, 0) is 11.8 Å². The first-order valence-electron chi connectivity index (χ1n) is 10.1. The minimum atomic E-state index is -0.271. The summed E-state index contributed by atoms with van der Waals surface area (Å²) >= 11 is 1.40. The number of nitrogens with zero attached hydrogens (tertiary/aromatic N) is 3. The quantitative estimate of drug-likeness (QED) is 0.658. The summed E-state index contributed by atoms with van der Waals surface area (Å²) in [5, 5.41) is 12.4. The number of methoxy groups -OCH3 is 1. The number of nitrogens with one attached hydrogen (secondary N) is 1. The maximum atomic E-state index is 12.4. The Morgan fingerprint density at radius 3 is 2.62 bits per heavy atom. The van der Waals surface area contributed by atoms with Crippen LogP contribution < -0.4 is 14.8 Å².